The summed E-state index contributed by atoms with van der Waals surface area (Å²) in [6.07, 6.45) is 0.357. The minimum Gasteiger partial charge on any atom is -0.478 e. The highest BCUT2D eigenvalue weighted by molar-refractivity contribution is 7.98. The van der Waals surface area contributed by atoms with Gasteiger partial charge in [0.25, 0.3) is 0 Å². The molecule has 0 bridgehead atoms. The number of aliphatic hydroxyl groups excluding tert-OH is 1. The fourth-order valence-electron chi connectivity index (χ4n) is 3.63. The third-order valence-corrected chi connectivity index (χ3v) is 7.11. The van der Waals surface area contributed by atoms with E-state index < -0.39 is 18.0 Å². The van der Waals surface area contributed by atoms with Crippen molar-refractivity contribution >= 4 is 52.6 Å². The van der Waals surface area contributed by atoms with Crippen LogP contribution in [0.5, 0.6) is 0 Å². The van der Waals surface area contributed by atoms with Gasteiger partial charge in [0.2, 0.25) is 0 Å². The lowest BCUT2D eigenvalue weighted by molar-refractivity contribution is -0.134. The molecule has 0 saturated heterocycles. The number of hydrogen-bond donors (Lipinski definition) is 5. The Morgan fingerprint density at radius 1 is 1.00 bits per heavy atom. The van der Waals surface area contributed by atoms with Gasteiger partial charge in [-0.05, 0) is 40.5 Å². The molecule has 36 heavy (non-hydrogen) atoms. The molecule has 7 nitrogen and oxygen atoms in total. The molecule has 0 fully saturated rings. The van der Waals surface area contributed by atoms with Crippen molar-refractivity contribution in [3.63, 3.8) is 0 Å². The quantitative estimate of drug-likeness (QED) is 0.207. The van der Waals surface area contributed by atoms with E-state index in [2.05, 4.69) is 53.8 Å². The second kappa shape index (κ2) is 12.8. The minimum absolute atomic E-state index is 0.00299. The summed E-state index contributed by atoms with van der Waals surface area (Å²) in [5.41, 5.74) is 10.5. The number of rotatable bonds is 6. The van der Waals surface area contributed by atoms with E-state index in [0.717, 1.165) is 5.75 Å². The number of anilines is 1. The Morgan fingerprint density at radius 3 is 2.17 bits per heavy atom. The third-order valence-electron chi connectivity index (χ3n) is 5.35. The first-order valence-corrected chi connectivity index (χ1v) is 12.5. The van der Waals surface area contributed by atoms with Gasteiger partial charge in [0, 0.05) is 29.3 Å². The first-order valence-electron chi connectivity index (χ1n) is 10.8. The summed E-state index contributed by atoms with van der Waals surface area (Å²) in [7, 11) is 0. The lowest BCUT2D eigenvalue weighted by Crippen LogP contribution is -2.28. The molecule has 4 rings (SSSR count). The predicted molar refractivity (Wildman–Crippen MR) is 143 cm³/mol. The molecular weight excluding hydrogens is 523 g/mol. The molecule has 0 spiro atoms. The van der Waals surface area contributed by atoms with E-state index in [1.807, 2.05) is 11.8 Å². The molecule has 0 amide bonds. The Labute approximate surface area is 222 Å². The number of hydrogen-bond acceptors (Lipinski definition) is 6. The number of benzene rings is 3. The maximum atomic E-state index is 10.7. The average molecular weight is 547 g/mol. The Morgan fingerprint density at radius 2 is 1.56 bits per heavy atom. The van der Waals surface area contributed by atoms with E-state index in [4.69, 9.17) is 39.1 Å². The van der Waals surface area contributed by atoms with Gasteiger partial charge in [-0.15, -0.1) is 11.8 Å². The van der Waals surface area contributed by atoms with Crippen molar-refractivity contribution in [2.75, 3.05) is 12.3 Å². The van der Waals surface area contributed by atoms with Gasteiger partial charge in [-0.2, -0.15) is 0 Å². The largest absolute Gasteiger partial charge is 0.478 e. The van der Waals surface area contributed by atoms with Crippen molar-refractivity contribution in [3.8, 4) is 0 Å². The predicted octanol–water partition coefficient (Wildman–Crippen LogP) is 5.31. The molecule has 0 saturated carbocycles. The third kappa shape index (κ3) is 7.25. The molecule has 0 radical (unpaired) electrons. The lowest BCUT2D eigenvalue weighted by atomic mass is 9.94. The fraction of sp³-hybridized carbons (Fsp3) is 0.154. The van der Waals surface area contributed by atoms with Gasteiger partial charge >= 0.3 is 11.9 Å². The Bertz CT molecular complexity index is 1200. The smallest absolute Gasteiger partial charge is 0.328 e. The van der Waals surface area contributed by atoms with Crippen LogP contribution in [0.15, 0.2) is 77.7 Å². The first-order chi connectivity index (χ1) is 17.2. The number of carboxylic acid groups (broad SMARTS) is 2. The summed E-state index contributed by atoms with van der Waals surface area (Å²) in [5.74, 6) is -1.59. The number of carbonyl (C=O) groups is 2. The molecular formula is C26H24Cl2N2O5S. The highest BCUT2D eigenvalue weighted by Gasteiger charge is 2.24. The Hall–Kier alpha value is -3.01. The number of aliphatic carboxylic acids is 2. The summed E-state index contributed by atoms with van der Waals surface area (Å²) >= 11 is 14.1. The van der Waals surface area contributed by atoms with E-state index in [1.54, 1.807) is 12.1 Å². The van der Waals surface area contributed by atoms with E-state index in [-0.39, 0.29) is 6.04 Å². The van der Waals surface area contributed by atoms with Crippen molar-refractivity contribution in [2.45, 2.75) is 22.8 Å². The van der Waals surface area contributed by atoms with Crippen LogP contribution in [0.25, 0.3) is 0 Å². The molecule has 10 heteroatoms. The molecule has 1 heterocycles. The van der Waals surface area contributed by atoms with Crippen molar-refractivity contribution in [2.24, 2.45) is 0 Å². The molecule has 1 aliphatic rings. The maximum absolute atomic E-state index is 10.7. The normalized spacial score (nSPS) is 15.1. The number of thioether (sulfide) groups is 1. The highest BCUT2D eigenvalue weighted by atomic mass is 35.5. The summed E-state index contributed by atoms with van der Waals surface area (Å²) in [5, 5.41) is 30.6. The lowest BCUT2D eigenvalue weighted by Gasteiger charge is -2.23. The standard InChI is InChI=1S/C22H20Cl2N2OS.C4H4O4/c23-17-9-14(10-18(24)21(17)25)19(27)11-26-22-15-6-2-1-5-13(15)12-28-20-8-4-3-7-16(20)22;5-3(6)1-2-4(7)8/h1-10,19,22,26-27H,11-12,25H2;1-2H,(H,5,6)(H,7,8)/b;2-1-. The number of nitrogens with one attached hydrogen (secondary N) is 1. The molecule has 0 aliphatic carbocycles. The zero-order valence-electron chi connectivity index (χ0n) is 18.9. The highest BCUT2D eigenvalue weighted by Crippen LogP contribution is 2.39. The second-order valence-electron chi connectivity index (χ2n) is 7.79. The number of halogens is 2. The summed E-state index contributed by atoms with van der Waals surface area (Å²) in [4.78, 5) is 20.4. The van der Waals surface area contributed by atoms with Gasteiger partial charge in [-0.3, -0.25) is 0 Å². The molecule has 3 aromatic rings. The SMILES string of the molecule is Nc1c(Cl)cc(C(O)CNC2c3ccccc3CSc3ccccc32)cc1Cl.O=C(O)/C=C\C(=O)O. The summed E-state index contributed by atoms with van der Waals surface area (Å²) < 4.78 is 0. The van der Waals surface area contributed by atoms with Gasteiger partial charge < -0.3 is 26.4 Å². The molecule has 6 N–H and O–H groups in total. The zero-order chi connectivity index (χ0) is 26.2. The van der Waals surface area contributed by atoms with Crippen LogP contribution >= 0.6 is 35.0 Å². The van der Waals surface area contributed by atoms with Crippen LogP contribution in [-0.4, -0.2) is 33.8 Å². The molecule has 2 unspecified atom stereocenters. The number of carboxylic acids is 2. The molecule has 1 aliphatic heterocycles. The van der Waals surface area contributed by atoms with Crippen LogP contribution < -0.4 is 11.1 Å². The van der Waals surface area contributed by atoms with Crippen molar-refractivity contribution in [1.82, 2.24) is 5.32 Å². The van der Waals surface area contributed by atoms with Crippen LogP contribution in [0.1, 0.15) is 34.4 Å². The number of nitrogens with two attached hydrogens (primary N) is 1. The van der Waals surface area contributed by atoms with E-state index >= 15 is 0 Å². The minimum atomic E-state index is -1.26. The van der Waals surface area contributed by atoms with Crippen molar-refractivity contribution in [3.05, 3.63) is 105 Å². The molecule has 2 atom stereocenters. The second-order valence-corrected chi connectivity index (χ2v) is 9.62. The average Bonchev–Trinajstić information content (AvgIpc) is 3.01. The number of fused-ring (bicyclic) bond motifs is 2. The monoisotopic (exact) mass is 546 g/mol. The first kappa shape index (κ1) is 27.6. The Balaban J connectivity index is 0.000000392. The van der Waals surface area contributed by atoms with E-state index in [9.17, 15) is 14.7 Å². The van der Waals surface area contributed by atoms with E-state index in [1.165, 1.54) is 21.6 Å². The Kier molecular flexibility index (Phi) is 9.81. The molecule has 188 valence electrons. The topological polar surface area (TPSA) is 133 Å². The number of nitrogen functional groups attached to an aromatic ring is 1. The van der Waals surface area contributed by atoms with Crippen molar-refractivity contribution < 1.29 is 24.9 Å². The van der Waals surface area contributed by atoms with Crippen LogP contribution in [0.2, 0.25) is 10.0 Å². The van der Waals surface area contributed by atoms with Gasteiger partial charge in [0.1, 0.15) is 0 Å². The zero-order valence-corrected chi connectivity index (χ0v) is 21.2. The van der Waals surface area contributed by atoms with Gasteiger partial charge in [0.15, 0.2) is 0 Å². The maximum Gasteiger partial charge on any atom is 0.328 e. The van der Waals surface area contributed by atoms with Crippen LogP contribution in [-0.2, 0) is 15.3 Å². The van der Waals surface area contributed by atoms with Gasteiger partial charge in [-0.1, -0.05) is 65.7 Å². The fourth-order valence-corrected chi connectivity index (χ4v) is 5.23. The van der Waals surface area contributed by atoms with Crippen LogP contribution in [0, 0.1) is 0 Å². The summed E-state index contributed by atoms with van der Waals surface area (Å²) in [6.45, 7) is 0.356. The van der Waals surface area contributed by atoms with Gasteiger partial charge in [0.05, 0.1) is 27.9 Å². The number of aliphatic hydroxyl groups is 1. The van der Waals surface area contributed by atoms with Crippen LogP contribution in [0.4, 0.5) is 5.69 Å². The molecule has 0 aromatic heterocycles. The van der Waals surface area contributed by atoms with Crippen LogP contribution in [0.3, 0.4) is 0 Å². The summed E-state index contributed by atoms with van der Waals surface area (Å²) in [6, 6.07) is 20.2. The van der Waals surface area contributed by atoms with Crippen molar-refractivity contribution in [1.29, 1.82) is 0 Å². The molecule has 3 aromatic carbocycles. The van der Waals surface area contributed by atoms with E-state index in [0.29, 0.717) is 40.0 Å². The van der Waals surface area contributed by atoms with Gasteiger partial charge in [-0.25, -0.2) is 9.59 Å².